The molecule has 3 rings (SSSR count). The average Bonchev–Trinajstić information content (AvgIpc) is 3.00. The smallest absolute Gasteiger partial charge is 0.369 e. The van der Waals surface area contributed by atoms with Crippen LogP contribution in [0.15, 0.2) is 83.3 Å². The van der Waals surface area contributed by atoms with Gasteiger partial charge in [0.15, 0.2) is 5.54 Å². The first-order chi connectivity index (χ1) is 19.6. The third kappa shape index (κ3) is 6.94. The lowest BCUT2D eigenvalue weighted by Crippen LogP contribution is -2.66. The van der Waals surface area contributed by atoms with Crippen LogP contribution in [0.4, 0.5) is 0 Å². The van der Waals surface area contributed by atoms with Crippen LogP contribution in [0.1, 0.15) is 76.8 Å². The zero-order valence-corrected chi connectivity index (χ0v) is 24.5. The molecule has 8 nitrogen and oxygen atoms in total. The SMILES string of the molecule is CCC(=O)OC1=C(C)C(C)=C(N)C(N)(C(=O)OOCCCC=O)C1(C)CCC(Cc1ccccc1)c1ccccc1. The van der Waals surface area contributed by atoms with Crippen LogP contribution in [0, 0.1) is 5.41 Å². The minimum absolute atomic E-state index is 0.0274. The van der Waals surface area contributed by atoms with Crippen molar-refractivity contribution in [1.82, 2.24) is 0 Å². The number of esters is 1. The molecular formula is C33H42N2O6. The van der Waals surface area contributed by atoms with Crippen LogP contribution < -0.4 is 11.5 Å². The van der Waals surface area contributed by atoms with E-state index >= 15 is 0 Å². The number of rotatable bonds is 14. The summed E-state index contributed by atoms with van der Waals surface area (Å²) in [5.41, 5.74) is 14.1. The van der Waals surface area contributed by atoms with Crippen LogP contribution >= 0.6 is 0 Å². The maximum atomic E-state index is 13.7. The first kappa shape index (κ1) is 31.8. The lowest BCUT2D eigenvalue weighted by molar-refractivity contribution is -0.279. The molecule has 2 aromatic carbocycles. The maximum absolute atomic E-state index is 13.7. The van der Waals surface area contributed by atoms with E-state index in [0.717, 1.165) is 18.3 Å². The van der Waals surface area contributed by atoms with E-state index in [9.17, 15) is 14.4 Å². The predicted molar refractivity (Wildman–Crippen MR) is 157 cm³/mol. The molecule has 0 spiro atoms. The molecule has 0 aromatic heterocycles. The van der Waals surface area contributed by atoms with Gasteiger partial charge in [0.1, 0.15) is 12.0 Å². The lowest BCUT2D eigenvalue weighted by atomic mass is 9.60. The van der Waals surface area contributed by atoms with Gasteiger partial charge in [0.05, 0.1) is 12.0 Å². The molecule has 3 atom stereocenters. The molecular weight excluding hydrogens is 520 g/mol. The van der Waals surface area contributed by atoms with Crippen molar-refractivity contribution in [2.45, 2.75) is 77.7 Å². The van der Waals surface area contributed by atoms with Crippen LogP contribution in [0.2, 0.25) is 0 Å². The molecule has 41 heavy (non-hydrogen) atoms. The van der Waals surface area contributed by atoms with Gasteiger partial charge in [0, 0.05) is 18.5 Å². The quantitative estimate of drug-likeness (QED) is 0.103. The topological polar surface area (TPSA) is 131 Å². The standard InChI is InChI=1S/C33H42N2O6/c1-5-28(37)40-30-24(3)23(2)29(34)33(35,31(38)41-39-21-13-12-20-36)32(30,4)19-18-27(26-16-10-7-11-17-26)22-25-14-8-6-9-15-25/h6-11,14-17,20,27H,5,12-13,18-19,21-22,34-35H2,1-4H3. The number of aldehydes is 1. The fraction of sp³-hybridized carbons (Fsp3) is 0.424. The van der Waals surface area contributed by atoms with Gasteiger partial charge >= 0.3 is 11.9 Å². The van der Waals surface area contributed by atoms with Crippen LogP contribution in [-0.2, 0) is 35.3 Å². The van der Waals surface area contributed by atoms with Crippen molar-refractivity contribution in [3.05, 3.63) is 94.4 Å². The Bertz CT molecular complexity index is 1270. The third-order valence-electron chi connectivity index (χ3n) is 8.20. The molecule has 1 aliphatic carbocycles. The highest BCUT2D eigenvalue weighted by molar-refractivity contribution is 5.88. The van der Waals surface area contributed by atoms with Crippen LogP contribution in [0.3, 0.4) is 0 Å². The number of nitrogens with two attached hydrogens (primary N) is 2. The summed E-state index contributed by atoms with van der Waals surface area (Å²) in [7, 11) is 0. The van der Waals surface area contributed by atoms with Crippen molar-refractivity contribution >= 4 is 18.2 Å². The first-order valence-corrected chi connectivity index (χ1v) is 14.1. The highest BCUT2D eigenvalue weighted by Gasteiger charge is 2.61. The summed E-state index contributed by atoms with van der Waals surface area (Å²) < 4.78 is 5.93. The number of carbonyl (C=O) groups is 3. The fourth-order valence-electron chi connectivity index (χ4n) is 5.44. The van der Waals surface area contributed by atoms with Crippen LogP contribution in [-0.4, -0.2) is 30.4 Å². The highest BCUT2D eigenvalue weighted by Crippen LogP contribution is 2.52. The summed E-state index contributed by atoms with van der Waals surface area (Å²) >= 11 is 0. The Balaban J connectivity index is 2.04. The second kappa shape index (κ2) is 14.2. The maximum Gasteiger partial charge on any atom is 0.369 e. The zero-order chi connectivity index (χ0) is 30.0. The normalized spacial score (nSPS) is 21.4. The van der Waals surface area contributed by atoms with E-state index in [1.54, 1.807) is 20.8 Å². The van der Waals surface area contributed by atoms with Gasteiger partial charge in [-0.25, -0.2) is 4.79 Å². The van der Waals surface area contributed by atoms with E-state index in [1.165, 1.54) is 5.56 Å². The molecule has 8 heteroatoms. The zero-order valence-electron chi connectivity index (χ0n) is 24.5. The van der Waals surface area contributed by atoms with Gasteiger partial charge < -0.3 is 21.0 Å². The Labute approximate surface area is 242 Å². The van der Waals surface area contributed by atoms with Gasteiger partial charge in [-0.1, -0.05) is 67.6 Å². The Morgan fingerprint density at radius 2 is 1.63 bits per heavy atom. The summed E-state index contributed by atoms with van der Waals surface area (Å²) in [4.78, 5) is 47.3. The number of allylic oxidation sites excluding steroid dienone is 2. The summed E-state index contributed by atoms with van der Waals surface area (Å²) in [6.07, 6.45) is 3.28. The van der Waals surface area contributed by atoms with E-state index in [2.05, 4.69) is 24.3 Å². The molecule has 0 saturated heterocycles. The van der Waals surface area contributed by atoms with Crippen molar-refractivity contribution in [1.29, 1.82) is 0 Å². The molecule has 220 valence electrons. The fourth-order valence-corrected chi connectivity index (χ4v) is 5.44. The van der Waals surface area contributed by atoms with Gasteiger partial charge in [-0.3, -0.25) is 9.68 Å². The Morgan fingerprint density at radius 1 is 1.00 bits per heavy atom. The summed E-state index contributed by atoms with van der Waals surface area (Å²) in [5, 5.41) is 0. The molecule has 0 amide bonds. The Kier molecular flexibility index (Phi) is 11.0. The predicted octanol–water partition coefficient (Wildman–Crippen LogP) is 5.42. The Hall–Kier alpha value is -3.75. The van der Waals surface area contributed by atoms with Gasteiger partial charge in [0.2, 0.25) is 0 Å². The minimum atomic E-state index is -1.89. The number of hydrogen-bond acceptors (Lipinski definition) is 8. The van der Waals surface area contributed by atoms with E-state index in [4.69, 9.17) is 26.0 Å². The molecule has 0 bridgehead atoms. The molecule has 2 aromatic rings. The average molecular weight is 563 g/mol. The number of carbonyl (C=O) groups excluding carboxylic acids is 3. The molecule has 0 aliphatic heterocycles. The van der Waals surface area contributed by atoms with Gasteiger partial charge in [-0.15, -0.1) is 0 Å². The van der Waals surface area contributed by atoms with Crippen LogP contribution in [0.5, 0.6) is 0 Å². The third-order valence-corrected chi connectivity index (χ3v) is 8.20. The molecule has 1 aliphatic rings. The van der Waals surface area contributed by atoms with Crippen LogP contribution in [0.25, 0.3) is 0 Å². The van der Waals surface area contributed by atoms with Crippen molar-refractivity contribution < 1.29 is 28.9 Å². The number of ether oxygens (including phenoxy) is 1. The largest absolute Gasteiger partial charge is 0.430 e. The van der Waals surface area contributed by atoms with Crippen molar-refractivity contribution in [3.63, 3.8) is 0 Å². The summed E-state index contributed by atoms with van der Waals surface area (Å²) in [5.74, 6) is -0.946. The minimum Gasteiger partial charge on any atom is -0.430 e. The molecule has 0 radical (unpaired) electrons. The van der Waals surface area contributed by atoms with Crippen molar-refractivity contribution in [3.8, 4) is 0 Å². The van der Waals surface area contributed by atoms with E-state index in [1.807, 2.05) is 43.3 Å². The number of unbranched alkanes of at least 4 members (excludes halogenated alkanes) is 1. The number of benzene rings is 2. The van der Waals surface area contributed by atoms with Gasteiger partial charge in [0.25, 0.3) is 0 Å². The van der Waals surface area contributed by atoms with E-state index < -0.39 is 22.9 Å². The first-order valence-electron chi connectivity index (χ1n) is 14.1. The molecule has 3 unspecified atom stereocenters. The van der Waals surface area contributed by atoms with Gasteiger partial charge in [-0.2, -0.15) is 4.89 Å². The second-order valence-corrected chi connectivity index (χ2v) is 10.8. The second-order valence-electron chi connectivity index (χ2n) is 10.8. The summed E-state index contributed by atoms with van der Waals surface area (Å²) in [6.45, 7) is 7.09. The monoisotopic (exact) mass is 562 g/mol. The lowest BCUT2D eigenvalue weighted by Gasteiger charge is -2.48. The molecule has 0 saturated carbocycles. The number of hydrogen-bond donors (Lipinski definition) is 2. The van der Waals surface area contributed by atoms with Gasteiger partial charge in [-0.05, 0) is 74.6 Å². The molecule has 4 N–H and O–H groups in total. The van der Waals surface area contributed by atoms with E-state index in [0.29, 0.717) is 36.2 Å². The van der Waals surface area contributed by atoms with Crippen molar-refractivity contribution in [2.75, 3.05) is 6.61 Å². The highest BCUT2D eigenvalue weighted by atomic mass is 17.2. The van der Waals surface area contributed by atoms with Crippen molar-refractivity contribution in [2.24, 2.45) is 16.9 Å². The van der Waals surface area contributed by atoms with E-state index in [-0.39, 0.29) is 31.1 Å². The Morgan fingerprint density at radius 3 is 2.24 bits per heavy atom. The molecule has 0 heterocycles. The summed E-state index contributed by atoms with van der Waals surface area (Å²) in [6, 6.07) is 20.4. The molecule has 0 fully saturated rings.